The number of esters is 1. The Hall–Kier alpha value is -3.23. The average molecular weight is 391 g/mol. The fourth-order valence-electron chi connectivity index (χ4n) is 2.31. The summed E-state index contributed by atoms with van der Waals surface area (Å²) >= 11 is 0. The molecule has 1 heterocycles. The Morgan fingerprint density at radius 3 is 2.39 bits per heavy atom. The van der Waals surface area contributed by atoms with Crippen molar-refractivity contribution in [1.29, 1.82) is 0 Å². The van der Waals surface area contributed by atoms with Gasteiger partial charge in [0.2, 0.25) is 11.7 Å². The van der Waals surface area contributed by atoms with E-state index in [-0.39, 0.29) is 12.3 Å². The maximum Gasteiger partial charge on any atom is 0.377 e. The van der Waals surface area contributed by atoms with Gasteiger partial charge in [-0.25, -0.2) is 9.18 Å². The molecule has 0 saturated heterocycles. The maximum atomic E-state index is 13.0. The Morgan fingerprint density at radius 2 is 1.86 bits per heavy atom. The molecule has 2 rings (SSSR count). The molecule has 1 aromatic carbocycles. The summed E-state index contributed by atoms with van der Waals surface area (Å²) in [7, 11) is 0. The van der Waals surface area contributed by atoms with Crippen LogP contribution in [0.25, 0.3) is 0 Å². The van der Waals surface area contributed by atoms with E-state index in [0.29, 0.717) is 11.4 Å². The van der Waals surface area contributed by atoms with Gasteiger partial charge in [0.1, 0.15) is 12.4 Å². The molecule has 8 nitrogen and oxygen atoms in total. The predicted octanol–water partition coefficient (Wildman–Crippen LogP) is 2.54. The van der Waals surface area contributed by atoms with Crippen molar-refractivity contribution >= 4 is 23.5 Å². The van der Waals surface area contributed by atoms with Gasteiger partial charge in [-0.3, -0.25) is 9.59 Å². The summed E-state index contributed by atoms with van der Waals surface area (Å²) in [4.78, 5) is 38.0. The Kier molecular flexibility index (Phi) is 6.50. The highest BCUT2D eigenvalue weighted by Gasteiger charge is 2.29. The van der Waals surface area contributed by atoms with Crippen molar-refractivity contribution in [2.24, 2.45) is 0 Å². The highest BCUT2D eigenvalue weighted by Crippen LogP contribution is 2.15. The van der Waals surface area contributed by atoms with E-state index in [4.69, 9.17) is 9.26 Å². The molecule has 150 valence electrons. The number of amides is 2. The topological polar surface area (TPSA) is 102 Å². The summed E-state index contributed by atoms with van der Waals surface area (Å²) in [6.45, 7) is 6.07. The second-order valence-electron chi connectivity index (χ2n) is 7.11. The summed E-state index contributed by atoms with van der Waals surface area (Å²) in [5, 5.41) is 6.17. The molecule has 0 saturated carbocycles. The number of aryl methyl sites for hydroxylation is 1. The van der Waals surface area contributed by atoms with Crippen LogP contribution in [0.2, 0.25) is 0 Å². The van der Waals surface area contributed by atoms with E-state index < -0.39 is 35.7 Å². The van der Waals surface area contributed by atoms with E-state index >= 15 is 0 Å². The lowest BCUT2D eigenvalue weighted by molar-refractivity contribution is -0.142. The molecule has 0 aliphatic rings. The van der Waals surface area contributed by atoms with Crippen molar-refractivity contribution in [3.63, 3.8) is 0 Å². The lowest BCUT2D eigenvalue weighted by atomic mass is 10.1. The second-order valence-corrected chi connectivity index (χ2v) is 7.11. The number of nitrogens with one attached hydrogen (secondary N) is 1. The number of aromatic nitrogens is 1. The molecule has 1 N–H and O–H groups in total. The van der Waals surface area contributed by atoms with E-state index in [0.717, 1.165) is 0 Å². The number of rotatable bonds is 6. The normalized spacial score (nSPS) is 11.0. The monoisotopic (exact) mass is 391 g/mol. The second kappa shape index (κ2) is 8.64. The molecular weight excluding hydrogens is 369 g/mol. The zero-order valence-electron chi connectivity index (χ0n) is 16.1. The van der Waals surface area contributed by atoms with Crippen LogP contribution in [0.1, 0.15) is 37.0 Å². The number of hydrogen-bond acceptors (Lipinski definition) is 6. The van der Waals surface area contributed by atoms with Gasteiger partial charge >= 0.3 is 5.97 Å². The highest BCUT2D eigenvalue weighted by molar-refractivity contribution is 5.95. The van der Waals surface area contributed by atoms with Crippen LogP contribution < -0.4 is 5.32 Å². The maximum absolute atomic E-state index is 13.0. The van der Waals surface area contributed by atoms with Gasteiger partial charge in [0.15, 0.2) is 6.61 Å². The average Bonchev–Trinajstić information content (AvgIpc) is 3.05. The first-order valence-electron chi connectivity index (χ1n) is 8.52. The van der Waals surface area contributed by atoms with Gasteiger partial charge in [0.05, 0.1) is 5.69 Å². The summed E-state index contributed by atoms with van der Waals surface area (Å²) in [5.41, 5.74) is 0.207. The number of carbonyl (C=O) groups excluding carboxylic acids is 3. The van der Waals surface area contributed by atoms with Crippen LogP contribution in [0.5, 0.6) is 0 Å². The minimum absolute atomic E-state index is 0.110. The van der Waals surface area contributed by atoms with Gasteiger partial charge in [-0.2, -0.15) is 0 Å². The molecule has 0 bridgehead atoms. The molecule has 0 radical (unpaired) electrons. The van der Waals surface area contributed by atoms with Crippen molar-refractivity contribution in [2.45, 2.75) is 33.2 Å². The van der Waals surface area contributed by atoms with Gasteiger partial charge < -0.3 is 19.5 Å². The van der Waals surface area contributed by atoms with Crippen LogP contribution in [0.15, 0.2) is 34.9 Å². The van der Waals surface area contributed by atoms with Gasteiger partial charge in [-0.05, 0) is 52.0 Å². The standard InChI is InChI=1S/C19H22FN3O5/c1-12-9-15(28-22-12)18(26)27-11-17(25)23(19(2,3)4)10-16(24)21-14-7-5-13(20)6-8-14/h5-9H,10-11H2,1-4H3,(H,21,24). The Bertz CT molecular complexity index is 855. The zero-order chi connectivity index (χ0) is 20.9. The first kappa shape index (κ1) is 21.1. The molecule has 0 spiro atoms. The van der Waals surface area contributed by atoms with Crippen molar-refractivity contribution in [1.82, 2.24) is 10.1 Å². The lowest BCUT2D eigenvalue weighted by Crippen LogP contribution is -2.50. The SMILES string of the molecule is Cc1cc(C(=O)OCC(=O)N(CC(=O)Nc2ccc(F)cc2)C(C)(C)C)on1. The Labute approximate surface area is 161 Å². The molecule has 0 aliphatic carbocycles. The third-order valence-electron chi connectivity index (χ3n) is 3.70. The van der Waals surface area contributed by atoms with E-state index in [1.807, 2.05) is 0 Å². The van der Waals surface area contributed by atoms with Crippen LogP contribution in [0, 0.1) is 12.7 Å². The van der Waals surface area contributed by atoms with Gasteiger partial charge in [0, 0.05) is 17.3 Å². The summed E-state index contributed by atoms with van der Waals surface area (Å²) in [6.07, 6.45) is 0. The van der Waals surface area contributed by atoms with E-state index in [1.54, 1.807) is 27.7 Å². The number of hydrogen-bond donors (Lipinski definition) is 1. The number of anilines is 1. The first-order valence-corrected chi connectivity index (χ1v) is 8.52. The quantitative estimate of drug-likeness (QED) is 0.760. The Balaban J connectivity index is 1.97. The minimum Gasteiger partial charge on any atom is -0.450 e. The number of halogens is 1. The zero-order valence-corrected chi connectivity index (χ0v) is 16.1. The predicted molar refractivity (Wildman–Crippen MR) is 98.0 cm³/mol. The van der Waals surface area contributed by atoms with Gasteiger partial charge in [-0.15, -0.1) is 0 Å². The molecule has 0 atom stereocenters. The van der Waals surface area contributed by atoms with Crippen molar-refractivity contribution < 1.29 is 28.0 Å². The van der Waals surface area contributed by atoms with E-state index in [1.165, 1.54) is 35.2 Å². The van der Waals surface area contributed by atoms with Gasteiger partial charge in [-0.1, -0.05) is 5.16 Å². The van der Waals surface area contributed by atoms with Crippen LogP contribution in [0.3, 0.4) is 0 Å². The van der Waals surface area contributed by atoms with Crippen molar-refractivity contribution in [3.05, 3.63) is 47.6 Å². The van der Waals surface area contributed by atoms with Crippen molar-refractivity contribution in [3.8, 4) is 0 Å². The molecule has 0 fully saturated rings. The fourth-order valence-corrected chi connectivity index (χ4v) is 2.31. The Morgan fingerprint density at radius 1 is 1.21 bits per heavy atom. The minimum atomic E-state index is -0.821. The molecule has 1 aromatic heterocycles. The molecule has 28 heavy (non-hydrogen) atoms. The summed E-state index contributed by atoms with van der Waals surface area (Å²) in [5.74, 6) is -2.37. The van der Waals surface area contributed by atoms with Crippen LogP contribution >= 0.6 is 0 Å². The molecule has 2 amide bonds. The summed E-state index contributed by atoms with van der Waals surface area (Å²) in [6, 6.07) is 6.65. The number of nitrogens with zero attached hydrogens (tertiary/aromatic N) is 2. The highest BCUT2D eigenvalue weighted by atomic mass is 19.1. The first-order chi connectivity index (χ1) is 13.1. The number of benzene rings is 1. The molecular formula is C19H22FN3O5. The number of carbonyl (C=O) groups is 3. The largest absolute Gasteiger partial charge is 0.450 e. The third kappa shape index (κ3) is 5.90. The van der Waals surface area contributed by atoms with Crippen LogP contribution in [0.4, 0.5) is 10.1 Å². The van der Waals surface area contributed by atoms with E-state index in [9.17, 15) is 18.8 Å². The fraction of sp³-hybridized carbons (Fsp3) is 0.368. The number of ether oxygens (including phenoxy) is 1. The summed E-state index contributed by atoms with van der Waals surface area (Å²) < 4.78 is 22.7. The lowest BCUT2D eigenvalue weighted by Gasteiger charge is -2.35. The third-order valence-corrected chi connectivity index (χ3v) is 3.70. The van der Waals surface area contributed by atoms with Gasteiger partial charge in [0.25, 0.3) is 5.91 Å². The smallest absolute Gasteiger partial charge is 0.377 e. The van der Waals surface area contributed by atoms with Crippen LogP contribution in [-0.4, -0.2) is 46.5 Å². The molecule has 9 heteroatoms. The molecule has 0 aliphatic heterocycles. The van der Waals surface area contributed by atoms with Crippen molar-refractivity contribution in [2.75, 3.05) is 18.5 Å². The molecule has 2 aromatic rings. The van der Waals surface area contributed by atoms with Crippen LogP contribution in [-0.2, 0) is 14.3 Å². The van der Waals surface area contributed by atoms with E-state index in [2.05, 4.69) is 10.5 Å². The molecule has 0 unspecified atom stereocenters.